The van der Waals surface area contributed by atoms with E-state index in [-0.39, 0.29) is 11.8 Å². The van der Waals surface area contributed by atoms with Gasteiger partial charge in [0.25, 0.3) is 0 Å². The van der Waals surface area contributed by atoms with Crippen LogP contribution in [0.2, 0.25) is 0 Å². The Morgan fingerprint density at radius 3 is 1.41 bits per heavy atom. The van der Waals surface area contributed by atoms with E-state index in [9.17, 15) is 0 Å². The van der Waals surface area contributed by atoms with Gasteiger partial charge < -0.3 is 0 Å². The lowest BCUT2D eigenvalue weighted by Crippen LogP contribution is -2.56. The van der Waals surface area contributed by atoms with Crippen molar-refractivity contribution in [2.45, 2.75) is 12.8 Å². The van der Waals surface area contributed by atoms with Crippen molar-refractivity contribution in [1.29, 1.82) is 0 Å². The molecule has 0 spiro atoms. The monoisotopic (exact) mass is 372 g/mol. The van der Waals surface area contributed by atoms with Crippen LogP contribution in [-0.2, 0) is 0 Å². The smallest absolute Gasteiger partial charge is 0.0752 e. The van der Waals surface area contributed by atoms with Gasteiger partial charge in [-0.05, 0) is 48.3 Å². The highest BCUT2D eigenvalue weighted by molar-refractivity contribution is 6.51. The number of fused-ring (bicyclic) bond motifs is 1. The molecule has 0 aromatic heterocycles. The first kappa shape index (κ1) is 14.5. The summed E-state index contributed by atoms with van der Waals surface area (Å²) in [4.78, 5) is 0. The lowest BCUT2D eigenvalue weighted by atomic mass is 9.44. The zero-order valence-electron chi connectivity index (χ0n) is 11.9. The summed E-state index contributed by atoms with van der Waals surface area (Å²) in [5.74, 6) is 4.09. The van der Waals surface area contributed by atoms with Gasteiger partial charge in [-0.25, -0.2) is 0 Å². The summed E-state index contributed by atoms with van der Waals surface area (Å²) in [6, 6.07) is 0. The van der Waals surface area contributed by atoms with Crippen molar-refractivity contribution >= 4 is 46.4 Å². The Morgan fingerprint density at radius 1 is 0.636 bits per heavy atom. The standard InChI is InChI=1S/C18H16Cl4/c19-15-13-9-5-6-10(14(13)16(20)18(22)17(15)21)12-8-2-1-7(3-4-8)11(9)12/h1-2,5-14H,3-4H2/t7-,8+,9+,10-,11+,12-,13+,14-. The number of allylic oxidation sites excluding steroid dienone is 8. The Balaban J connectivity index is 1.68. The van der Waals surface area contributed by atoms with E-state index >= 15 is 0 Å². The highest BCUT2D eigenvalue weighted by atomic mass is 35.5. The average molecular weight is 374 g/mol. The van der Waals surface area contributed by atoms with E-state index in [1.807, 2.05) is 0 Å². The molecule has 0 radical (unpaired) electrons. The second-order valence-electron chi connectivity index (χ2n) is 7.36. The SMILES string of the molecule is ClC1=C(Cl)[C@@H]2[C@@H]3C=C[C@H]([C@@H]2C(Cl)=C1Cl)[C@H]1[C@@H]3[C@H]2C=C[C@@H]1CC2. The molecule has 7 aliphatic carbocycles. The fraction of sp³-hybridized carbons (Fsp3) is 0.556. The van der Waals surface area contributed by atoms with Crippen LogP contribution in [0.25, 0.3) is 0 Å². The minimum Gasteiger partial charge on any atom is -0.0871 e. The molecule has 0 unspecified atom stereocenters. The van der Waals surface area contributed by atoms with Crippen molar-refractivity contribution in [3.05, 3.63) is 44.4 Å². The molecule has 2 saturated carbocycles. The lowest BCUT2D eigenvalue weighted by Gasteiger charge is -2.61. The predicted octanol–water partition coefficient (Wildman–Crippen LogP) is 6.26. The van der Waals surface area contributed by atoms with Gasteiger partial charge >= 0.3 is 0 Å². The summed E-state index contributed by atoms with van der Waals surface area (Å²) in [5, 5.41) is 2.38. The molecule has 0 aromatic carbocycles. The minimum atomic E-state index is 0.216. The maximum Gasteiger partial charge on any atom is 0.0752 e. The van der Waals surface area contributed by atoms with E-state index in [2.05, 4.69) is 24.3 Å². The molecular formula is C18H16Cl4. The third kappa shape index (κ3) is 1.63. The zero-order valence-corrected chi connectivity index (χ0v) is 14.9. The van der Waals surface area contributed by atoms with Crippen LogP contribution in [0.15, 0.2) is 44.4 Å². The van der Waals surface area contributed by atoms with Crippen LogP contribution in [0.4, 0.5) is 0 Å². The molecule has 22 heavy (non-hydrogen) atoms. The van der Waals surface area contributed by atoms with Gasteiger partial charge in [-0.2, -0.15) is 0 Å². The summed E-state index contributed by atoms with van der Waals surface area (Å²) in [6.45, 7) is 0. The van der Waals surface area contributed by atoms with Crippen LogP contribution in [-0.4, -0.2) is 0 Å². The van der Waals surface area contributed by atoms with Gasteiger partial charge in [-0.3, -0.25) is 0 Å². The van der Waals surface area contributed by atoms with Crippen molar-refractivity contribution in [1.82, 2.24) is 0 Å². The molecule has 0 aliphatic heterocycles. The summed E-state index contributed by atoms with van der Waals surface area (Å²) in [7, 11) is 0. The van der Waals surface area contributed by atoms with Crippen molar-refractivity contribution in [3.8, 4) is 0 Å². The first-order valence-electron chi connectivity index (χ1n) is 8.07. The number of halogens is 4. The molecule has 0 amide bonds. The predicted molar refractivity (Wildman–Crippen MR) is 92.9 cm³/mol. The Labute approximate surface area is 150 Å². The Kier molecular flexibility index (Phi) is 3.17. The molecule has 7 aliphatic rings. The molecule has 0 N–H and O–H groups in total. The van der Waals surface area contributed by atoms with Gasteiger partial charge in [0.15, 0.2) is 0 Å². The van der Waals surface area contributed by atoms with Crippen molar-refractivity contribution in [3.63, 3.8) is 0 Å². The molecule has 4 bridgehead atoms. The Hall–Kier alpha value is 0.120. The molecule has 116 valence electrons. The zero-order chi connectivity index (χ0) is 15.2. The van der Waals surface area contributed by atoms with E-state index in [1.54, 1.807) is 0 Å². The van der Waals surface area contributed by atoms with E-state index in [0.29, 0.717) is 45.6 Å². The molecule has 4 heteroatoms. The van der Waals surface area contributed by atoms with Crippen molar-refractivity contribution in [2.24, 2.45) is 47.3 Å². The first-order chi connectivity index (χ1) is 10.6. The van der Waals surface area contributed by atoms with Gasteiger partial charge in [0.1, 0.15) is 0 Å². The maximum absolute atomic E-state index is 6.65. The largest absolute Gasteiger partial charge is 0.0871 e. The molecule has 0 aromatic rings. The number of rotatable bonds is 0. The third-order valence-corrected chi connectivity index (χ3v) is 8.69. The Bertz CT molecular complexity index is 615. The van der Waals surface area contributed by atoms with Crippen LogP contribution >= 0.6 is 46.4 Å². The van der Waals surface area contributed by atoms with E-state index in [4.69, 9.17) is 46.4 Å². The van der Waals surface area contributed by atoms with Gasteiger partial charge in [0, 0.05) is 21.9 Å². The second kappa shape index (κ2) is 4.82. The molecule has 0 heterocycles. The number of hydrogen-bond donors (Lipinski definition) is 0. The van der Waals surface area contributed by atoms with Gasteiger partial charge in [0.2, 0.25) is 0 Å². The first-order valence-corrected chi connectivity index (χ1v) is 9.58. The Morgan fingerprint density at radius 2 is 1.05 bits per heavy atom. The summed E-state index contributed by atoms with van der Waals surface area (Å²) < 4.78 is 0. The molecule has 0 nitrogen and oxygen atoms in total. The van der Waals surface area contributed by atoms with E-state index in [0.717, 1.165) is 10.1 Å². The lowest BCUT2D eigenvalue weighted by molar-refractivity contribution is -0.0386. The second-order valence-corrected chi connectivity index (χ2v) is 8.93. The minimum absolute atomic E-state index is 0.216. The van der Waals surface area contributed by atoms with Crippen LogP contribution in [0.1, 0.15) is 12.8 Å². The van der Waals surface area contributed by atoms with Gasteiger partial charge in [0.05, 0.1) is 10.1 Å². The third-order valence-electron chi connectivity index (χ3n) is 6.73. The van der Waals surface area contributed by atoms with Crippen LogP contribution in [0.3, 0.4) is 0 Å². The molecule has 0 saturated heterocycles. The van der Waals surface area contributed by atoms with Gasteiger partial charge in [-0.1, -0.05) is 70.7 Å². The summed E-state index contributed by atoms with van der Waals surface area (Å²) in [5.41, 5.74) is 0. The van der Waals surface area contributed by atoms with Crippen LogP contribution in [0, 0.1) is 47.3 Å². The molecular weight excluding hydrogens is 358 g/mol. The highest BCUT2D eigenvalue weighted by Gasteiger charge is 2.60. The van der Waals surface area contributed by atoms with Crippen molar-refractivity contribution < 1.29 is 0 Å². The van der Waals surface area contributed by atoms with E-state index in [1.165, 1.54) is 12.8 Å². The summed E-state index contributed by atoms with van der Waals surface area (Å²) in [6.07, 6.45) is 12.3. The molecule has 2 fully saturated rings. The van der Waals surface area contributed by atoms with Crippen molar-refractivity contribution in [2.75, 3.05) is 0 Å². The van der Waals surface area contributed by atoms with Crippen LogP contribution in [0.5, 0.6) is 0 Å². The van der Waals surface area contributed by atoms with Gasteiger partial charge in [-0.15, -0.1) is 0 Å². The highest BCUT2D eigenvalue weighted by Crippen LogP contribution is 2.66. The normalized spacial score (nSPS) is 51.5. The maximum atomic E-state index is 6.65. The fourth-order valence-corrected chi connectivity index (χ4v) is 7.33. The quantitative estimate of drug-likeness (QED) is 0.440. The van der Waals surface area contributed by atoms with Crippen LogP contribution < -0.4 is 0 Å². The summed E-state index contributed by atoms with van der Waals surface area (Å²) >= 11 is 26.0. The van der Waals surface area contributed by atoms with E-state index < -0.39 is 0 Å². The molecule has 8 atom stereocenters. The number of hydrogen-bond acceptors (Lipinski definition) is 0. The average Bonchev–Trinajstić information content (AvgIpc) is 2.58. The fourth-order valence-electron chi connectivity index (χ4n) is 6.03. The molecule has 7 rings (SSSR count). The topological polar surface area (TPSA) is 0 Å².